The van der Waals surface area contributed by atoms with Crippen LogP contribution >= 0.6 is 12.2 Å². The van der Waals surface area contributed by atoms with Gasteiger partial charge in [0.25, 0.3) is 0 Å². The Hall–Kier alpha value is -1.00. The van der Waals surface area contributed by atoms with Gasteiger partial charge in [-0.25, -0.2) is 4.39 Å². The van der Waals surface area contributed by atoms with Gasteiger partial charge in [0.1, 0.15) is 10.8 Å². The first kappa shape index (κ1) is 13.4. The molecule has 2 rings (SSSR count). The van der Waals surface area contributed by atoms with Crippen molar-refractivity contribution >= 4 is 17.2 Å². The van der Waals surface area contributed by atoms with Gasteiger partial charge in [0.2, 0.25) is 0 Å². The molecule has 4 heteroatoms. The molecule has 0 radical (unpaired) electrons. The number of hydrogen-bond donors (Lipinski definition) is 1. The Labute approximate surface area is 113 Å². The maximum atomic E-state index is 13.5. The number of likely N-dealkylation sites (tertiary alicyclic amines) is 1. The van der Waals surface area contributed by atoms with Gasteiger partial charge in [-0.1, -0.05) is 19.1 Å². The fraction of sp³-hybridized carbons (Fsp3) is 0.500. The lowest BCUT2D eigenvalue weighted by molar-refractivity contribution is 0.256. The Bertz CT molecular complexity index is 461. The van der Waals surface area contributed by atoms with E-state index in [4.69, 9.17) is 18.0 Å². The number of nitrogens with two attached hydrogens (primary N) is 1. The van der Waals surface area contributed by atoms with Crippen LogP contribution in [0.25, 0.3) is 0 Å². The molecule has 1 fully saturated rings. The van der Waals surface area contributed by atoms with E-state index in [1.165, 1.54) is 12.5 Å². The first-order valence-electron chi connectivity index (χ1n) is 6.29. The van der Waals surface area contributed by atoms with Crippen molar-refractivity contribution in [3.8, 4) is 0 Å². The van der Waals surface area contributed by atoms with Crippen molar-refractivity contribution in [2.75, 3.05) is 6.54 Å². The lowest BCUT2D eigenvalue weighted by Crippen LogP contribution is -2.26. The summed E-state index contributed by atoms with van der Waals surface area (Å²) in [6.45, 7) is 6.30. The van der Waals surface area contributed by atoms with Crippen LogP contribution in [0, 0.1) is 11.7 Å². The van der Waals surface area contributed by atoms with Crippen molar-refractivity contribution in [2.45, 2.75) is 32.9 Å². The Kier molecular flexibility index (Phi) is 3.97. The van der Waals surface area contributed by atoms with Gasteiger partial charge in [0.15, 0.2) is 0 Å². The van der Waals surface area contributed by atoms with Crippen LogP contribution in [-0.4, -0.2) is 22.5 Å². The van der Waals surface area contributed by atoms with Crippen LogP contribution in [0.1, 0.15) is 31.4 Å². The van der Waals surface area contributed by atoms with Crippen molar-refractivity contribution in [3.63, 3.8) is 0 Å². The molecule has 1 aliphatic heterocycles. The third-order valence-electron chi connectivity index (χ3n) is 3.54. The summed E-state index contributed by atoms with van der Waals surface area (Å²) in [4.78, 5) is 2.63. The third kappa shape index (κ3) is 3.06. The van der Waals surface area contributed by atoms with E-state index in [2.05, 4.69) is 18.7 Å². The summed E-state index contributed by atoms with van der Waals surface area (Å²) in [5.74, 6) is 0.443. The van der Waals surface area contributed by atoms with Crippen LogP contribution in [0.15, 0.2) is 18.2 Å². The lowest BCUT2D eigenvalue weighted by atomic mass is 10.1. The predicted molar refractivity (Wildman–Crippen MR) is 75.9 cm³/mol. The normalized spacial score (nSPS) is 24.4. The molecule has 2 N–H and O–H groups in total. The second kappa shape index (κ2) is 5.33. The minimum Gasteiger partial charge on any atom is -0.389 e. The molecule has 18 heavy (non-hydrogen) atoms. The minimum atomic E-state index is -0.268. The number of hydrogen-bond acceptors (Lipinski definition) is 2. The van der Waals surface area contributed by atoms with E-state index in [0.29, 0.717) is 17.5 Å². The summed E-state index contributed by atoms with van der Waals surface area (Å²) in [6, 6.07) is 5.40. The van der Waals surface area contributed by atoms with E-state index in [9.17, 15) is 4.39 Å². The Morgan fingerprint density at radius 2 is 2.17 bits per heavy atom. The largest absolute Gasteiger partial charge is 0.389 e. The standard InChI is InChI=1S/C14H19FN2S/c1-9-3-10(2)17(7-9)8-11-4-12(14(16)18)6-13(15)5-11/h4-6,9-10H,3,7-8H2,1-2H3,(H2,16,18). The summed E-state index contributed by atoms with van der Waals surface area (Å²) in [5.41, 5.74) is 7.11. The summed E-state index contributed by atoms with van der Waals surface area (Å²) in [6.07, 6.45) is 1.21. The Morgan fingerprint density at radius 3 is 2.72 bits per heavy atom. The average molecular weight is 266 g/mol. The van der Waals surface area contributed by atoms with Crippen molar-refractivity contribution in [2.24, 2.45) is 11.7 Å². The van der Waals surface area contributed by atoms with Gasteiger partial charge in [0.05, 0.1) is 0 Å². The van der Waals surface area contributed by atoms with Gasteiger partial charge in [-0.15, -0.1) is 0 Å². The monoisotopic (exact) mass is 266 g/mol. The van der Waals surface area contributed by atoms with Crippen molar-refractivity contribution in [1.82, 2.24) is 4.90 Å². The first-order valence-corrected chi connectivity index (χ1v) is 6.70. The van der Waals surface area contributed by atoms with Crippen LogP contribution in [0.4, 0.5) is 4.39 Å². The van der Waals surface area contributed by atoms with E-state index in [-0.39, 0.29) is 10.8 Å². The van der Waals surface area contributed by atoms with E-state index < -0.39 is 0 Å². The van der Waals surface area contributed by atoms with Crippen molar-refractivity contribution in [1.29, 1.82) is 0 Å². The predicted octanol–water partition coefficient (Wildman–Crippen LogP) is 2.69. The highest BCUT2D eigenvalue weighted by molar-refractivity contribution is 7.80. The molecule has 2 nitrogen and oxygen atoms in total. The van der Waals surface area contributed by atoms with Crippen LogP contribution < -0.4 is 5.73 Å². The molecule has 1 heterocycles. The van der Waals surface area contributed by atoms with Crippen LogP contribution in [0.5, 0.6) is 0 Å². The molecule has 0 amide bonds. The molecule has 1 aliphatic rings. The van der Waals surface area contributed by atoms with Gasteiger partial charge in [-0.2, -0.15) is 0 Å². The molecule has 98 valence electrons. The van der Waals surface area contributed by atoms with Gasteiger partial charge in [-0.3, -0.25) is 4.90 Å². The Morgan fingerprint density at radius 1 is 1.44 bits per heavy atom. The molecule has 1 saturated heterocycles. The molecule has 0 saturated carbocycles. The topological polar surface area (TPSA) is 29.3 Å². The first-order chi connectivity index (χ1) is 8.45. The van der Waals surface area contributed by atoms with Gasteiger partial charge in [0, 0.05) is 24.7 Å². The summed E-state index contributed by atoms with van der Waals surface area (Å²) in [5, 5.41) is 0. The van der Waals surface area contributed by atoms with Crippen molar-refractivity contribution < 1.29 is 4.39 Å². The fourth-order valence-corrected chi connectivity index (χ4v) is 2.84. The van der Waals surface area contributed by atoms with E-state index in [0.717, 1.165) is 18.7 Å². The number of halogens is 1. The number of thiocarbonyl (C=S) groups is 1. The number of rotatable bonds is 3. The van der Waals surface area contributed by atoms with E-state index >= 15 is 0 Å². The highest BCUT2D eigenvalue weighted by Crippen LogP contribution is 2.24. The zero-order valence-corrected chi connectivity index (χ0v) is 11.6. The lowest BCUT2D eigenvalue weighted by Gasteiger charge is -2.21. The highest BCUT2D eigenvalue weighted by Gasteiger charge is 2.25. The maximum Gasteiger partial charge on any atom is 0.124 e. The molecule has 2 atom stereocenters. The summed E-state index contributed by atoms with van der Waals surface area (Å²) in [7, 11) is 0. The Balaban J connectivity index is 2.16. The maximum absolute atomic E-state index is 13.5. The van der Waals surface area contributed by atoms with Gasteiger partial charge < -0.3 is 5.73 Å². The highest BCUT2D eigenvalue weighted by atomic mass is 32.1. The SMILES string of the molecule is CC1CC(C)N(Cc2cc(F)cc(C(N)=S)c2)C1. The van der Waals surface area contributed by atoms with Crippen molar-refractivity contribution in [3.05, 3.63) is 35.1 Å². The molecule has 0 spiro atoms. The zero-order chi connectivity index (χ0) is 13.3. The molecule has 0 aromatic heterocycles. The summed E-state index contributed by atoms with van der Waals surface area (Å²) >= 11 is 4.90. The number of nitrogens with zero attached hydrogens (tertiary/aromatic N) is 1. The zero-order valence-electron chi connectivity index (χ0n) is 10.8. The van der Waals surface area contributed by atoms with Gasteiger partial charge in [-0.05, 0) is 43.0 Å². The summed E-state index contributed by atoms with van der Waals surface area (Å²) < 4.78 is 13.5. The van der Waals surface area contributed by atoms with Crippen LogP contribution in [0.3, 0.4) is 0 Å². The molecular weight excluding hydrogens is 247 g/mol. The van der Waals surface area contributed by atoms with E-state index in [1.54, 1.807) is 6.07 Å². The quantitative estimate of drug-likeness (QED) is 0.853. The molecular formula is C14H19FN2S. The molecule has 2 unspecified atom stereocenters. The third-order valence-corrected chi connectivity index (χ3v) is 3.78. The molecule has 0 bridgehead atoms. The van der Waals surface area contributed by atoms with Gasteiger partial charge >= 0.3 is 0 Å². The van der Waals surface area contributed by atoms with E-state index in [1.807, 2.05) is 6.07 Å². The molecule has 0 aliphatic carbocycles. The smallest absolute Gasteiger partial charge is 0.124 e. The molecule has 1 aromatic rings. The average Bonchev–Trinajstić information content (AvgIpc) is 2.56. The fourth-order valence-electron chi connectivity index (χ4n) is 2.73. The second-order valence-corrected chi connectivity index (χ2v) is 5.77. The number of benzene rings is 1. The second-order valence-electron chi connectivity index (χ2n) is 5.33. The van der Waals surface area contributed by atoms with Crippen LogP contribution in [0.2, 0.25) is 0 Å². The van der Waals surface area contributed by atoms with Crippen LogP contribution in [-0.2, 0) is 6.54 Å². The minimum absolute atomic E-state index is 0.249. The molecule has 1 aromatic carbocycles.